The lowest BCUT2D eigenvalue weighted by molar-refractivity contribution is -0.121. The Bertz CT molecular complexity index is 634. The minimum Gasteiger partial charge on any atom is -0.357 e. The molecular weight excluding hydrogens is 258 g/mol. The van der Waals surface area contributed by atoms with Crippen LogP contribution in [0.1, 0.15) is 19.8 Å². The summed E-state index contributed by atoms with van der Waals surface area (Å²) >= 11 is 0. The summed E-state index contributed by atoms with van der Waals surface area (Å²) in [5.74, 6) is 1.00. The summed E-state index contributed by atoms with van der Waals surface area (Å²) in [4.78, 5) is 27.6. The molecule has 1 aliphatic carbocycles. The predicted molar refractivity (Wildman–Crippen MR) is 75.5 cm³/mol. The molecule has 3 rings (SSSR count). The molecule has 4 N–H and O–H groups in total. The molecule has 2 aromatic rings. The van der Waals surface area contributed by atoms with E-state index in [1.165, 1.54) is 0 Å². The largest absolute Gasteiger partial charge is 0.357 e. The van der Waals surface area contributed by atoms with Gasteiger partial charge < -0.3 is 20.9 Å². The van der Waals surface area contributed by atoms with Crippen molar-refractivity contribution in [2.45, 2.75) is 31.8 Å². The van der Waals surface area contributed by atoms with Crippen molar-refractivity contribution in [3.63, 3.8) is 0 Å². The number of imidazole rings is 1. The van der Waals surface area contributed by atoms with Crippen LogP contribution in [-0.2, 0) is 4.79 Å². The van der Waals surface area contributed by atoms with Crippen molar-refractivity contribution in [3.05, 3.63) is 6.33 Å². The second-order valence-corrected chi connectivity index (χ2v) is 4.90. The van der Waals surface area contributed by atoms with Crippen molar-refractivity contribution in [1.29, 1.82) is 0 Å². The zero-order valence-corrected chi connectivity index (χ0v) is 11.4. The molecule has 1 amide bonds. The van der Waals surface area contributed by atoms with E-state index in [2.05, 4.69) is 35.9 Å². The van der Waals surface area contributed by atoms with Crippen molar-refractivity contribution in [3.8, 4) is 0 Å². The quantitative estimate of drug-likeness (QED) is 0.632. The van der Waals surface area contributed by atoms with Crippen molar-refractivity contribution in [1.82, 2.24) is 25.3 Å². The molecule has 1 aliphatic rings. The summed E-state index contributed by atoms with van der Waals surface area (Å²) in [6.45, 7) is 1.81. The van der Waals surface area contributed by atoms with Gasteiger partial charge in [0.2, 0.25) is 11.9 Å². The molecule has 8 nitrogen and oxygen atoms in total. The molecule has 0 radical (unpaired) electrons. The van der Waals surface area contributed by atoms with Crippen LogP contribution < -0.4 is 16.0 Å². The minimum atomic E-state index is -0.373. The van der Waals surface area contributed by atoms with E-state index in [0.717, 1.165) is 12.8 Å². The number of H-pyrrole nitrogens is 1. The van der Waals surface area contributed by atoms with Crippen LogP contribution in [0, 0.1) is 0 Å². The number of nitrogens with zero attached hydrogens (tertiary/aromatic N) is 3. The molecule has 1 fully saturated rings. The van der Waals surface area contributed by atoms with Crippen molar-refractivity contribution < 1.29 is 4.79 Å². The highest BCUT2D eigenvalue weighted by molar-refractivity contribution is 5.89. The second-order valence-electron chi connectivity index (χ2n) is 4.90. The molecule has 0 bridgehead atoms. The molecule has 0 saturated heterocycles. The van der Waals surface area contributed by atoms with Crippen molar-refractivity contribution in [2.24, 2.45) is 0 Å². The predicted octanol–water partition coefficient (Wildman–Crippen LogP) is 0.474. The maximum atomic E-state index is 12.0. The molecule has 1 saturated carbocycles. The van der Waals surface area contributed by atoms with Gasteiger partial charge in [-0.15, -0.1) is 0 Å². The van der Waals surface area contributed by atoms with Crippen LogP contribution in [0.4, 0.5) is 11.8 Å². The van der Waals surface area contributed by atoms with Crippen LogP contribution in [0.3, 0.4) is 0 Å². The average Bonchev–Trinajstić information content (AvgIpc) is 3.12. The van der Waals surface area contributed by atoms with Crippen LogP contribution in [-0.4, -0.2) is 45.0 Å². The smallest absolute Gasteiger partial charge is 0.242 e. The van der Waals surface area contributed by atoms with E-state index in [-0.39, 0.29) is 11.9 Å². The number of carbonyl (C=O) groups is 1. The molecular formula is C12H17N7O. The van der Waals surface area contributed by atoms with Crippen LogP contribution in [0.5, 0.6) is 0 Å². The van der Waals surface area contributed by atoms with Crippen molar-refractivity contribution >= 4 is 28.8 Å². The second kappa shape index (κ2) is 4.95. The zero-order valence-electron chi connectivity index (χ0n) is 11.4. The fourth-order valence-electron chi connectivity index (χ4n) is 1.87. The van der Waals surface area contributed by atoms with E-state index < -0.39 is 0 Å². The number of aromatic nitrogens is 4. The number of amides is 1. The number of hydrogen-bond acceptors (Lipinski definition) is 6. The first-order valence-corrected chi connectivity index (χ1v) is 6.63. The van der Waals surface area contributed by atoms with E-state index >= 15 is 0 Å². The van der Waals surface area contributed by atoms with Crippen molar-refractivity contribution in [2.75, 3.05) is 17.7 Å². The lowest BCUT2D eigenvalue weighted by Crippen LogP contribution is -2.38. The molecule has 2 aromatic heterocycles. The first kappa shape index (κ1) is 12.6. The van der Waals surface area contributed by atoms with E-state index in [0.29, 0.717) is 29.0 Å². The van der Waals surface area contributed by atoms with Gasteiger partial charge in [-0.2, -0.15) is 9.97 Å². The molecule has 8 heteroatoms. The number of nitrogens with one attached hydrogen (secondary N) is 4. The Morgan fingerprint density at radius 1 is 1.45 bits per heavy atom. The summed E-state index contributed by atoms with van der Waals surface area (Å²) in [6.07, 6.45) is 3.69. The fraction of sp³-hybridized carbons (Fsp3) is 0.500. The fourth-order valence-corrected chi connectivity index (χ4v) is 1.87. The molecule has 20 heavy (non-hydrogen) atoms. The molecule has 0 aromatic carbocycles. The van der Waals surface area contributed by atoms with E-state index in [4.69, 9.17) is 0 Å². The first-order chi connectivity index (χ1) is 9.67. The molecule has 1 unspecified atom stereocenters. The van der Waals surface area contributed by atoms with Gasteiger partial charge in [-0.25, -0.2) is 4.98 Å². The minimum absolute atomic E-state index is 0.0233. The Morgan fingerprint density at radius 3 is 2.95 bits per heavy atom. The van der Waals surface area contributed by atoms with E-state index in [1.807, 2.05) is 0 Å². The highest BCUT2D eigenvalue weighted by Crippen LogP contribution is 2.21. The molecule has 2 heterocycles. The van der Waals surface area contributed by atoms with Gasteiger partial charge in [-0.05, 0) is 19.8 Å². The first-order valence-electron chi connectivity index (χ1n) is 6.63. The summed E-state index contributed by atoms with van der Waals surface area (Å²) in [5.41, 5.74) is 1.25. The SMILES string of the molecule is CNc1nc(NC(C)C(=O)NC2CC2)c2[nH]cnc2n1. The lowest BCUT2D eigenvalue weighted by atomic mass is 10.3. The third kappa shape index (κ3) is 2.49. The Morgan fingerprint density at radius 2 is 2.25 bits per heavy atom. The van der Waals surface area contributed by atoms with Gasteiger partial charge in [0.15, 0.2) is 11.5 Å². The third-order valence-electron chi connectivity index (χ3n) is 3.18. The maximum absolute atomic E-state index is 12.0. The Hall–Kier alpha value is -2.38. The Labute approximate surface area is 115 Å². The van der Waals surface area contributed by atoms with Gasteiger partial charge in [0, 0.05) is 13.1 Å². The topological polar surface area (TPSA) is 108 Å². The highest BCUT2D eigenvalue weighted by Gasteiger charge is 2.26. The molecule has 106 valence electrons. The van der Waals surface area contributed by atoms with E-state index in [9.17, 15) is 4.79 Å². The van der Waals surface area contributed by atoms with Crippen LogP contribution >= 0.6 is 0 Å². The highest BCUT2D eigenvalue weighted by atomic mass is 16.2. The number of rotatable bonds is 5. The number of hydrogen-bond donors (Lipinski definition) is 4. The van der Waals surface area contributed by atoms with Crippen LogP contribution in [0.15, 0.2) is 6.33 Å². The summed E-state index contributed by atoms with van der Waals surface area (Å²) in [7, 11) is 1.74. The standard InChI is InChI=1S/C12H17N7O/c1-6(11(20)17-7-3-4-7)16-10-8-9(15-5-14-8)18-12(13-2)19-10/h5-7H,3-4H2,1-2H3,(H,17,20)(H3,13,14,15,16,18,19). The molecule has 0 aliphatic heterocycles. The van der Waals surface area contributed by atoms with Gasteiger partial charge in [0.05, 0.1) is 6.33 Å². The molecule has 1 atom stereocenters. The maximum Gasteiger partial charge on any atom is 0.242 e. The van der Waals surface area contributed by atoms with Gasteiger partial charge in [0.25, 0.3) is 0 Å². The van der Waals surface area contributed by atoms with E-state index in [1.54, 1.807) is 20.3 Å². The average molecular weight is 275 g/mol. The number of carbonyl (C=O) groups excluding carboxylic acids is 1. The normalized spacial score (nSPS) is 15.9. The van der Waals surface area contributed by atoms with Crippen LogP contribution in [0.25, 0.3) is 11.2 Å². The number of aromatic amines is 1. The monoisotopic (exact) mass is 275 g/mol. The van der Waals surface area contributed by atoms with Gasteiger partial charge in [0.1, 0.15) is 11.6 Å². The number of anilines is 2. The van der Waals surface area contributed by atoms with Gasteiger partial charge in [-0.1, -0.05) is 0 Å². The summed E-state index contributed by atoms with van der Waals surface area (Å²) in [5, 5.41) is 8.94. The zero-order chi connectivity index (χ0) is 14.1. The third-order valence-corrected chi connectivity index (χ3v) is 3.18. The summed E-state index contributed by atoms with van der Waals surface area (Å²) < 4.78 is 0. The Balaban J connectivity index is 1.81. The summed E-state index contributed by atoms with van der Waals surface area (Å²) in [6, 6.07) is -0.0288. The van der Waals surface area contributed by atoms with Crippen LogP contribution in [0.2, 0.25) is 0 Å². The molecule has 0 spiro atoms. The number of fused-ring (bicyclic) bond motifs is 1. The lowest BCUT2D eigenvalue weighted by Gasteiger charge is -2.15. The van der Waals surface area contributed by atoms with Gasteiger partial charge >= 0.3 is 0 Å². The van der Waals surface area contributed by atoms with Gasteiger partial charge in [-0.3, -0.25) is 4.79 Å². The Kier molecular flexibility index (Phi) is 3.13.